The zero-order chi connectivity index (χ0) is 28.2. The number of carboxylic acid groups (broad SMARTS) is 1. The molecule has 0 saturated carbocycles. The lowest BCUT2D eigenvalue weighted by atomic mass is 10.1. The van der Waals surface area contributed by atoms with Crippen LogP contribution in [0.15, 0.2) is 53.2 Å². The minimum absolute atomic E-state index is 0.219. The lowest BCUT2D eigenvalue weighted by molar-refractivity contribution is -0.134. The van der Waals surface area contributed by atoms with Crippen LogP contribution in [0.25, 0.3) is 33.4 Å². The maximum absolute atomic E-state index is 9.00. The number of aryl methyl sites for hydroxylation is 1. The van der Waals surface area contributed by atoms with Crippen molar-refractivity contribution >= 4 is 45.6 Å². The Labute approximate surface area is 230 Å². The Kier molecular flexibility index (Phi) is 7.89. The van der Waals surface area contributed by atoms with Crippen LogP contribution < -0.4 is 11.1 Å². The Morgan fingerprint density at radius 1 is 1.23 bits per heavy atom. The largest absolute Gasteiger partial charge is 0.481 e. The molecule has 208 valence electrons. The highest BCUT2D eigenvalue weighted by molar-refractivity contribution is 5.98. The quantitative estimate of drug-likeness (QED) is 0.269. The van der Waals surface area contributed by atoms with E-state index < -0.39 is 5.97 Å². The van der Waals surface area contributed by atoms with Crippen LogP contribution in [0.2, 0.25) is 0 Å². The molecule has 1 atom stereocenters. The number of likely N-dealkylation sites (tertiary alicyclic amines) is 1. The van der Waals surface area contributed by atoms with Gasteiger partial charge in [0.25, 0.3) is 12.0 Å². The normalized spacial score (nSPS) is 15.3. The molecule has 1 fully saturated rings. The van der Waals surface area contributed by atoms with Crippen LogP contribution in [-0.2, 0) is 9.53 Å². The summed E-state index contributed by atoms with van der Waals surface area (Å²) in [5.41, 5.74) is 12.4. The molecule has 5 aromatic rings. The van der Waals surface area contributed by atoms with Gasteiger partial charge in [-0.1, -0.05) is 18.2 Å². The van der Waals surface area contributed by atoms with E-state index in [1.807, 2.05) is 54.1 Å². The fourth-order valence-electron chi connectivity index (χ4n) is 4.81. The van der Waals surface area contributed by atoms with Gasteiger partial charge in [-0.05, 0) is 43.2 Å². The lowest BCUT2D eigenvalue weighted by Crippen LogP contribution is -2.25. The van der Waals surface area contributed by atoms with Gasteiger partial charge in [-0.15, -0.1) is 0 Å². The number of aliphatic carboxylic acids is 1. The average Bonchev–Trinajstić information content (AvgIpc) is 3.64. The van der Waals surface area contributed by atoms with Crippen molar-refractivity contribution in [2.75, 3.05) is 44.4 Å². The number of hydrogen-bond donors (Lipinski definition) is 3. The number of oxazole rings is 1. The highest BCUT2D eigenvalue weighted by Crippen LogP contribution is 2.34. The number of hydrogen-bond acceptors (Lipinski definition) is 10. The number of carboxylic acids is 1. The number of nitrogens with one attached hydrogen (secondary N) is 1. The number of nitrogens with two attached hydrogens (primary N) is 1. The molecule has 1 saturated heterocycles. The van der Waals surface area contributed by atoms with Gasteiger partial charge in [-0.2, -0.15) is 10.1 Å². The molecular formula is C28H32N8O4. The number of methoxy groups -OCH3 is 1. The minimum atomic E-state index is -0.833. The molecule has 3 aromatic heterocycles. The summed E-state index contributed by atoms with van der Waals surface area (Å²) in [7, 11) is 1.73. The molecule has 0 bridgehead atoms. The molecule has 6 rings (SSSR count). The summed E-state index contributed by atoms with van der Waals surface area (Å²) < 4.78 is 13.1. The van der Waals surface area contributed by atoms with E-state index in [2.05, 4.69) is 25.2 Å². The first kappa shape index (κ1) is 27.0. The van der Waals surface area contributed by atoms with Crippen LogP contribution in [-0.4, -0.2) is 74.1 Å². The van der Waals surface area contributed by atoms with Gasteiger partial charge in [0.05, 0.1) is 18.0 Å². The summed E-state index contributed by atoms with van der Waals surface area (Å²) >= 11 is 0. The van der Waals surface area contributed by atoms with Gasteiger partial charge in [0.1, 0.15) is 23.4 Å². The van der Waals surface area contributed by atoms with Crippen LogP contribution in [0.5, 0.6) is 0 Å². The number of carbonyl (C=O) groups is 1. The van der Waals surface area contributed by atoms with Crippen molar-refractivity contribution in [1.29, 1.82) is 0 Å². The van der Waals surface area contributed by atoms with Crippen LogP contribution in [0.4, 0.5) is 17.5 Å². The lowest BCUT2D eigenvalue weighted by Gasteiger charge is -2.15. The van der Waals surface area contributed by atoms with Crippen LogP contribution in [0.3, 0.4) is 0 Å². The van der Waals surface area contributed by atoms with Gasteiger partial charge < -0.3 is 25.3 Å². The van der Waals surface area contributed by atoms with Gasteiger partial charge in [0, 0.05) is 44.9 Å². The van der Waals surface area contributed by atoms with Crippen LogP contribution in [0.1, 0.15) is 24.9 Å². The first-order chi connectivity index (χ1) is 19.3. The van der Waals surface area contributed by atoms with Gasteiger partial charge in [0.15, 0.2) is 11.2 Å². The molecule has 12 nitrogen and oxygen atoms in total. The maximum atomic E-state index is 9.00. The van der Waals surface area contributed by atoms with Gasteiger partial charge in [-0.25, -0.2) is 14.6 Å². The second-order valence-corrected chi connectivity index (χ2v) is 9.70. The summed E-state index contributed by atoms with van der Waals surface area (Å²) in [4.78, 5) is 24.7. The summed E-state index contributed by atoms with van der Waals surface area (Å²) in [5, 5.41) is 16.4. The number of nitrogens with zero attached hydrogens (tertiary/aromatic N) is 6. The number of ether oxygens (including phenoxy) is 1. The van der Waals surface area contributed by atoms with Gasteiger partial charge in [-0.3, -0.25) is 9.69 Å². The molecule has 12 heteroatoms. The van der Waals surface area contributed by atoms with Crippen molar-refractivity contribution < 1.29 is 19.1 Å². The Morgan fingerprint density at radius 3 is 2.75 bits per heavy atom. The van der Waals surface area contributed by atoms with Crippen molar-refractivity contribution in [3.05, 3.63) is 54.4 Å². The fraction of sp³-hybridized carbons (Fsp3) is 0.321. The monoisotopic (exact) mass is 544 g/mol. The Balaban J connectivity index is 0.000000758. The third kappa shape index (κ3) is 5.87. The fourth-order valence-corrected chi connectivity index (χ4v) is 4.81. The first-order valence-corrected chi connectivity index (χ1v) is 13.0. The average molecular weight is 545 g/mol. The second kappa shape index (κ2) is 11.7. The molecule has 40 heavy (non-hydrogen) atoms. The number of anilines is 3. The van der Waals surface area contributed by atoms with E-state index in [1.54, 1.807) is 7.11 Å². The van der Waals surface area contributed by atoms with Gasteiger partial charge in [0.2, 0.25) is 0 Å². The minimum Gasteiger partial charge on any atom is -0.481 e. The number of aromatic nitrogens is 5. The van der Waals surface area contributed by atoms with Crippen LogP contribution >= 0.6 is 0 Å². The maximum Gasteiger partial charge on any atom is 0.300 e. The van der Waals surface area contributed by atoms with E-state index in [0.717, 1.165) is 84.2 Å². The number of nitrogen functional groups attached to an aromatic ring is 1. The Morgan fingerprint density at radius 2 is 2.00 bits per heavy atom. The van der Waals surface area contributed by atoms with Crippen molar-refractivity contribution in [1.82, 2.24) is 29.6 Å². The summed E-state index contributed by atoms with van der Waals surface area (Å²) in [6.07, 6.45) is 2.50. The van der Waals surface area contributed by atoms with E-state index in [1.165, 1.54) is 6.33 Å². The number of rotatable bonds is 7. The molecule has 4 N–H and O–H groups in total. The van der Waals surface area contributed by atoms with Crippen molar-refractivity contribution in [3.8, 4) is 11.3 Å². The molecule has 2 aromatic carbocycles. The summed E-state index contributed by atoms with van der Waals surface area (Å²) in [6.45, 7) is 6.64. The smallest absolute Gasteiger partial charge is 0.300 e. The highest BCUT2D eigenvalue weighted by Gasteiger charge is 2.28. The number of fused-ring (bicyclic) bond motifs is 2. The standard InChI is InChI=1S/C26H28N8O2.C2H4O2/c1-16-3-8-21-20(13-16)31-26(36-21)30-18-6-4-17(5-7-18)23-22-24(27)28-15-29-25(22)34(32-23)19-9-10-33(14-19)11-12-35-2;1-2(3)4/h3-8,13,15,19H,9-12,14H2,1-2H3,(H,30,31)(H2,27,28,29);1H3,(H,3,4). The summed E-state index contributed by atoms with van der Waals surface area (Å²) in [6, 6.07) is 14.6. The Bertz CT molecular complexity index is 1630. The zero-order valence-corrected chi connectivity index (χ0v) is 22.7. The first-order valence-electron chi connectivity index (χ1n) is 13.0. The summed E-state index contributed by atoms with van der Waals surface area (Å²) in [5.74, 6) is -0.403. The molecule has 0 amide bonds. The molecule has 1 aliphatic rings. The van der Waals surface area contributed by atoms with Gasteiger partial charge >= 0.3 is 0 Å². The van der Waals surface area contributed by atoms with E-state index in [9.17, 15) is 0 Å². The second-order valence-electron chi connectivity index (χ2n) is 9.70. The van der Waals surface area contributed by atoms with Crippen molar-refractivity contribution in [3.63, 3.8) is 0 Å². The molecule has 1 aliphatic heterocycles. The predicted octanol–water partition coefficient (Wildman–Crippen LogP) is 4.25. The predicted molar refractivity (Wildman–Crippen MR) is 152 cm³/mol. The van der Waals surface area contributed by atoms with E-state index in [4.69, 9.17) is 29.9 Å². The molecule has 4 heterocycles. The molecular weight excluding hydrogens is 512 g/mol. The third-order valence-corrected chi connectivity index (χ3v) is 6.68. The zero-order valence-electron chi connectivity index (χ0n) is 22.7. The van der Waals surface area contributed by atoms with Crippen molar-refractivity contribution in [2.24, 2.45) is 0 Å². The Hall–Kier alpha value is -4.55. The van der Waals surface area contributed by atoms with Crippen molar-refractivity contribution in [2.45, 2.75) is 26.3 Å². The third-order valence-electron chi connectivity index (χ3n) is 6.68. The van der Waals surface area contributed by atoms with E-state index in [0.29, 0.717) is 11.8 Å². The molecule has 0 spiro atoms. The topological polar surface area (TPSA) is 157 Å². The molecule has 0 aliphatic carbocycles. The van der Waals surface area contributed by atoms with E-state index in [-0.39, 0.29) is 6.04 Å². The van der Waals surface area contributed by atoms with E-state index >= 15 is 0 Å². The molecule has 0 radical (unpaired) electrons. The highest BCUT2D eigenvalue weighted by atomic mass is 16.5. The number of benzene rings is 2. The van der Waals surface area contributed by atoms with Crippen LogP contribution in [0, 0.1) is 6.92 Å². The SMILES string of the molecule is CC(=O)O.COCCN1CCC(n2nc(-c3ccc(Nc4nc5cc(C)ccc5o4)cc3)c3c(N)ncnc32)C1. The molecule has 1 unspecified atom stereocenters.